The molecule has 0 fully saturated rings. The Morgan fingerprint density at radius 2 is 2.20 bits per heavy atom. The van der Waals surface area contributed by atoms with Crippen LogP contribution in [0.4, 0.5) is 0 Å². The lowest BCUT2D eigenvalue weighted by Gasteiger charge is -2.00. The Balaban J connectivity index is 2.91. The van der Waals surface area contributed by atoms with E-state index < -0.39 is 26.8 Å². The standard InChI is InChI=1S/C7H10N2O5S/c8-3-4-9-15(12,13)6-2-1-5(14-6)7(10)11/h1-2,9H,3-4,8H2,(H,10,11). The van der Waals surface area contributed by atoms with E-state index in [0.29, 0.717) is 0 Å². The summed E-state index contributed by atoms with van der Waals surface area (Å²) >= 11 is 0. The topological polar surface area (TPSA) is 123 Å². The summed E-state index contributed by atoms with van der Waals surface area (Å²) < 4.78 is 29.5. The summed E-state index contributed by atoms with van der Waals surface area (Å²) in [6.07, 6.45) is 0. The van der Waals surface area contributed by atoms with Crippen molar-refractivity contribution in [2.45, 2.75) is 5.09 Å². The van der Waals surface area contributed by atoms with Crippen LogP contribution in [0.25, 0.3) is 0 Å². The first-order chi connectivity index (χ1) is 6.97. The van der Waals surface area contributed by atoms with Gasteiger partial charge in [0.15, 0.2) is 0 Å². The molecule has 0 saturated carbocycles. The van der Waals surface area contributed by atoms with Gasteiger partial charge in [0.1, 0.15) is 0 Å². The normalized spacial score (nSPS) is 11.5. The van der Waals surface area contributed by atoms with Crippen molar-refractivity contribution in [1.29, 1.82) is 0 Å². The molecule has 8 heteroatoms. The zero-order valence-corrected chi connectivity index (χ0v) is 8.45. The van der Waals surface area contributed by atoms with Crippen LogP contribution in [-0.2, 0) is 10.0 Å². The molecule has 84 valence electrons. The molecule has 1 rings (SSSR count). The van der Waals surface area contributed by atoms with Gasteiger partial charge in [-0.05, 0) is 12.1 Å². The molecule has 1 aromatic heterocycles. The van der Waals surface area contributed by atoms with Crippen LogP contribution in [0.5, 0.6) is 0 Å². The van der Waals surface area contributed by atoms with Gasteiger partial charge >= 0.3 is 5.97 Å². The monoisotopic (exact) mass is 234 g/mol. The summed E-state index contributed by atoms with van der Waals surface area (Å²) in [4.78, 5) is 10.4. The maximum absolute atomic E-state index is 11.4. The predicted octanol–water partition coefficient (Wildman–Crippen LogP) is -0.785. The second kappa shape index (κ2) is 4.43. The van der Waals surface area contributed by atoms with Gasteiger partial charge in [-0.3, -0.25) is 0 Å². The maximum atomic E-state index is 11.4. The van der Waals surface area contributed by atoms with Gasteiger partial charge in [-0.15, -0.1) is 0 Å². The number of sulfonamides is 1. The summed E-state index contributed by atoms with van der Waals surface area (Å²) in [5.74, 6) is -1.75. The van der Waals surface area contributed by atoms with E-state index >= 15 is 0 Å². The van der Waals surface area contributed by atoms with E-state index in [4.69, 9.17) is 10.8 Å². The molecule has 0 aliphatic rings. The van der Waals surface area contributed by atoms with Crippen LogP contribution < -0.4 is 10.5 Å². The Bertz CT molecular complexity index is 450. The van der Waals surface area contributed by atoms with Gasteiger partial charge in [0.25, 0.3) is 10.0 Å². The van der Waals surface area contributed by atoms with Gasteiger partial charge in [0, 0.05) is 13.1 Å². The molecule has 1 aromatic rings. The molecule has 1 heterocycles. The van der Waals surface area contributed by atoms with Crippen LogP contribution >= 0.6 is 0 Å². The Morgan fingerprint density at radius 1 is 1.53 bits per heavy atom. The minimum Gasteiger partial charge on any atom is -0.475 e. The van der Waals surface area contributed by atoms with Crippen molar-refractivity contribution < 1.29 is 22.7 Å². The van der Waals surface area contributed by atoms with Crippen LogP contribution in [0, 0.1) is 0 Å². The molecule has 0 aliphatic heterocycles. The van der Waals surface area contributed by atoms with Gasteiger partial charge in [0.05, 0.1) is 0 Å². The number of nitrogens with one attached hydrogen (secondary N) is 1. The average molecular weight is 234 g/mol. The van der Waals surface area contributed by atoms with E-state index in [1.54, 1.807) is 0 Å². The molecular weight excluding hydrogens is 224 g/mol. The third-order valence-electron chi connectivity index (χ3n) is 1.49. The van der Waals surface area contributed by atoms with Crippen molar-refractivity contribution in [2.75, 3.05) is 13.1 Å². The second-order valence-corrected chi connectivity index (χ2v) is 4.31. The zero-order valence-electron chi connectivity index (χ0n) is 7.63. The minimum absolute atomic E-state index is 0.0610. The van der Waals surface area contributed by atoms with Gasteiger partial charge in [-0.1, -0.05) is 0 Å². The third kappa shape index (κ3) is 2.78. The molecule has 0 aliphatic carbocycles. The zero-order chi connectivity index (χ0) is 11.5. The number of furan rings is 1. The lowest BCUT2D eigenvalue weighted by Crippen LogP contribution is -2.28. The highest BCUT2D eigenvalue weighted by Gasteiger charge is 2.19. The van der Waals surface area contributed by atoms with Crippen molar-refractivity contribution in [3.05, 3.63) is 17.9 Å². The molecule has 0 amide bonds. The van der Waals surface area contributed by atoms with Crippen LogP contribution in [0.15, 0.2) is 21.6 Å². The molecule has 7 nitrogen and oxygen atoms in total. The molecule has 4 N–H and O–H groups in total. The number of carbonyl (C=O) groups is 1. The van der Waals surface area contributed by atoms with Crippen molar-refractivity contribution in [1.82, 2.24) is 4.72 Å². The summed E-state index contributed by atoms with van der Waals surface area (Å²) in [5, 5.41) is 8.07. The first-order valence-electron chi connectivity index (χ1n) is 4.00. The van der Waals surface area contributed by atoms with Crippen molar-refractivity contribution in [3.8, 4) is 0 Å². The Labute approximate surface area is 85.9 Å². The SMILES string of the molecule is NCCNS(=O)(=O)c1ccc(C(=O)O)o1. The van der Waals surface area contributed by atoms with E-state index in [1.807, 2.05) is 0 Å². The van der Waals surface area contributed by atoms with Crippen LogP contribution in [0.3, 0.4) is 0 Å². The van der Waals surface area contributed by atoms with E-state index in [2.05, 4.69) is 9.14 Å². The van der Waals surface area contributed by atoms with Crippen molar-refractivity contribution >= 4 is 16.0 Å². The van der Waals surface area contributed by atoms with Gasteiger partial charge in [-0.2, -0.15) is 0 Å². The number of carboxylic acid groups (broad SMARTS) is 1. The molecule has 0 bridgehead atoms. The predicted molar refractivity (Wildman–Crippen MR) is 49.9 cm³/mol. The van der Waals surface area contributed by atoms with Crippen molar-refractivity contribution in [3.63, 3.8) is 0 Å². The van der Waals surface area contributed by atoms with E-state index in [0.717, 1.165) is 12.1 Å². The highest BCUT2D eigenvalue weighted by atomic mass is 32.2. The summed E-state index contributed by atoms with van der Waals surface area (Å²) in [7, 11) is -3.80. The second-order valence-electron chi connectivity index (χ2n) is 2.61. The van der Waals surface area contributed by atoms with Gasteiger partial charge < -0.3 is 15.3 Å². The van der Waals surface area contributed by atoms with Crippen LogP contribution in [0.1, 0.15) is 10.6 Å². The fourth-order valence-electron chi connectivity index (χ4n) is 0.844. The Morgan fingerprint density at radius 3 is 2.67 bits per heavy atom. The van der Waals surface area contributed by atoms with Gasteiger partial charge in [0.2, 0.25) is 10.9 Å². The number of hydrogen-bond acceptors (Lipinski definition) is 5. The Hall–Kier alpha value is -1.38. The highest BCUT2D eigenvalue weighted by Crippen LogP contribution is 2.13. The number of aromatic carboxylic acids is 1. The average Bonchev–Trinajstić information content (AvgIpc) is 2.64. The first-order valence-corrected chi connectivity index (χ1v) is 5.48. The molecule has 0 saturated heterocycles. The number of hydrogen-bond donors (Lipinski definition) is 3. The molecule has 0 atom stereocenters. The molecule has 15 heavy (non-hydrogen) atoms. The number of rotatable bonds is 5. The van der Waals surface area contributed by atoms with Crippen LogP contribution in [0.2, 0.25) is 0 Å². The fraction of sp³-hybridized carbons (Fsp3) is 0.286. The van der Waals surface area contributed by atoms with Gasteiger partial charge in [-0.25, -0.2) is 17.9 Å². The summed E-state index contributed by atoms with van der Waals surface area (Å²) in [6.45, 7) is 0.206. The fourth-order valence-corrected chi connectivity index (χ4v) is 1.82. The summed E-state index contributed by atoms with van der Waals surface area (Å²) in [5.41, 5.74) is 5.12. The molecule has 0 radical (unpaired) electrons. The molecular formula is C7H10N2O5S. The number of carboxylic acids is 1. The lowest BCUT2D eigenvalue weighted by molar-refractivity contribution is 0.0656. The summed E-state index contributed by atoms with van der Waals surface area (Å²) in [6, 6.07) is 2.14. The minimum atomic E-state index is -3.80. The highest BCUT2D eigenvalue weighted by molar-refractivity contribution is 7.89. The molecule has 0 spiro atoms. The van der Waals surface area contributed by atoms with Crippen molar-refractivity contribution in [2.24, 2.45) is 5.73 Å². The Kier molecular flexibility index (Phi) is 3.45. The van der Waals surface area contributed by atoms with Crippen LogP contribution in [-0.4, -0.2) is 32.6 Å². The molecule has 0 aromatic carbocycles. The van der Waals surface area contributed by atoms with E-state index in [-0.39, 0.29) is 13.1 Å². The largest absolute Gasteiger partial charge is 0.475 e. The van der Waals surface area contributed by atoms with E-state index in [9.17, 15) is 13.2 Å². The smallest absolute Gasteiger partial charge is 0.371 e. The quantitative estimate of drug-likeness (QED) is 0.613. The number of nitrogens with two attached hydrogens (primary N) is 1. The third-order valence-corrected chi connectivity index (χ3v) is 2.83. The molecule has 0 unspecified atom stereocenters. The van der Waals surface area contributed by atoms with E-state index in [1.165, 1.54) is 0 Å². The maximum Gasteiger partial charge on any atom is 0.371 e. The lowest BCUT2D eigenvalue weighted by atomic mass is 10.5. The first kappa shape index (κ1) is 11.7.